The van der Waals surface area contributed by atoms with Crippen LogP contribution >= 0.6 is 11.6 Å². The molecule has 5 aromatic rings. The van der Waals surface area contributed by atoms with Gasteiger partial charge in [0.2, 0.25) is 0 Å². The van der Waals surface area contributed by atoms with Crippen LogP contribution in [0.5, 0.6) is 5.75 Å². The monoisotopic (exact) mass is 509 g/mol. The predicted molar refractivity (Wildman–Crippen MR) is 147 cm³/mol. The van der Waals surface area contributed by atoms with Crippen molar-refractivity contribution in [2.75, 3.05) is 12.4 Å². The summed E-state index contributed by atoms with van der Waals surface area (Å²) < 4.78 is 6.84. The van der Waals surface area contributed by atoms with Crippen molar-refractivity contribution < 1.29 is 9.53 Å². The number of hydrogen-bond acceptors (Lipinski definition) is 4. The Balaban J connectivity index is 1.52. The smallest absolute Gasteiger partial charge is 0.261 e. The van der Waals surface area contributed by atoms with E-state index >= 15 is 0 Å². The molecule has 4 aromatic carbocycles. The van der Waals surface area contributed by atoms with Gasteiger partial charge in [0.25, 0.3) is 11.5 Å². The van der Waals surface area contributed by atoms with Gasteiger partial charge < -0.3 is 10.1 Å². The summed E-state index contributed by atoms with van der Waals surface area (Å²) in [7, 11) is 1.57. The molecule has 0 fully saturated rings. The minimum absolute atomic E-state index is 0.175. The van der Waals surface area contributed by atoms with Gasteiger partial charge in [0, 0.05) is 22.7 Å². The summed E-state index contributed by atoms with van der Waals surface area (Å²) in [5, 5.41) is 3.94. The van der Waals surface area contributed by atoms with Gasteiger partial charge in [0.05, 0.1) is 24.6 Å². The number of carbonyl (C=O) groups excluding carboxylic acids is 1. The van der Waals surface area contributed by atoms with E-state index in [-0.39, 0.29) is 11.5 Å². The molecule has 5 rings (SSSR count). The third-order valence-corrected chi connectivity index (χ3v) is 6.35. The molecule has 1 aromatic heterocycles. The summed E-state index contributed by atoms with van der Waals surface area (Å²) in [6.45, 7) is 0.351. The highest BCUT2D eigenvalue weighted by Gasteiger charge is 2.14. The normalized spacial score (nSPS) is 10.9. The molecule has 0 saturated carbocycles. The number of carbonyl (C=O) groups is 1. The number of benzene rings is 4. The Hall–Kier alpha value is -4.42. The van der Waals surface area contributed by atoms with Crippen LogP contribution in [0.3, 0.4) is 0 Å². The number of anilines is 1. The van der Waals surface area contributed by atoms with E-state index in [1.165, 1.54) is 0 Å². The maximum atomic E-state index is 13.8. The van der Waals surface area contributed by atoms with E-state index in [1.807, 2.05) is 42.5 Å². The highest BCUT2D eigenvalue weighted by atomic mass is 35.5. The largest absolute Gasteiger partial charge is 0.497 e. The summed E-state index contributed by atoms with van der Waals surface area (Å²) in [5.74, 6) is 1.05. The van der Waals surface area contributed by atoms with Crippen molar-refractivity contribution in [1.29, 1.82) is 0 Å². The first-order chi connectivity index (χ1) is 18.0. The molecule has 184 valence electrons. The van der Waals surface area contributed by atoms with Crippen molar-refractivity contribution in [2.45, 2.75) is 13.0 Å². The minimum atomic E-state index is -0.280. The lowest BCUT2D eigenvalue weighted by atomic mass is 10.1. The van der Waals surface area contributed by atoms with Gasteiger partial charge in [0.15, 0.2) is 0 Å². The number of nitrogens with zero attached hydrogens (tertiary/aromatic N) is 2. The van der Waals surface area contributed by atoms with Gasteiger partial charge in [-0.1, -0.05) is 54.1 Å². The average Bonchev–Trinajstić information content (AvgIpc) is 2.93. The summed E-state index contributed by atoms with van der Waals surface area (Å²) in [6, 6.07) is 29.4. The molecule has 0 bridgehead atoms. The van der Waals surface area contributed by atoms with Gasteiger partial charge in [-0.05, 0) is 65.7 Å². The molecule has 1 amide bonds. The van der Waals surface area contributed by atoms with Gasteiger partial charge in [-0.15, -0.1) is 0 Å². The number of nitrogens with one attached hydrogen (secondary N) is 1. The van der Waals surface area contributed by atoms with Gasteiger partial charge in [-0.25, -0.2) is 4.98 Å². The van der Waals surface area contributed by atoms with Gasteiger partial charge in [0.1, 0.15) is 11.6 Å². The maximum absolute atomic E-state index is 13.8. The van der Waals surface area contributed by atoms with Crippen molar-refractivity contribution in [2.24, 2.45) is 0 Å². The average molecular weight is 510 g/mol. The van der Waals surface area contributed by atoms with Gasteiger partial charge in [-0.3, -0.25) is 14.2 Å². The number of methoxy groups -OCH3 is 1. The Kier molecular flexibility index (Phi) is 7.01. The van der Waals surface area contributed by atoms with Crippen LogP contribution in [0.2, 0.25) is 5.02 Å². The van der Waals surface area contributed by atoms with Crippen LogP contribution in [-0.2, 0) is 13.0 Å². The third-order valence-electron chi connectivity index (χ3n) is 6.10. The van der Waals surface area contributed by atoms with Crippen molar-refractivity contribution in [3.63, 3.8) is 0 Å². The Labute approximate surface area is 219 Å². The van der Waals surface area contributed by atoms with Crippen LogP contribution in [0.15, 0.2) is 102 Å². The fourth-order valence-electron chi connectivity index (χ4n) is 4.14. The summed E-state index contributed by atoms with van der Waals surface area (Å²) in [5.41, 5.74) is 3.39. The standard InChI is InChI=1S/C30H24ClN3O3/c1-37-25-14-9-22(10-15-25)29(35)32-24-13-16-27-26(18-24)30(36)34(19-21-7-11-23(31)12-8-21)28(33-27)17-20-5-3-2-4-6-20/h2-16,18H,17,19H2,1H3,(H,32,35). The molecule has 0 aliphatic carbocycles. The van der Waals surface area contributed by atoms with Crippen LogP contribution < -0.4 is 15.6 Å². The molecule has 0 atom stereocenters. The maximum Gasteiger partial charge on any atom is 0.261 e. The second-order valence-electron chi connectivity index (χ2n) is 8.62. The molecule has 0 aliphatic rings. The second kappa shape index (κ2) is 10.7. The summed E-state index contributed by atoms with van der Waals surface area (Å²) >= 11 is 6.06. The fraction of sp³-hybridized carbons (Fsp3) is 0.100. The predicted octanol–water partition coefficient (Wildman–Crippen LogP) is 5.95. The number of amides is 1. The topological polar surface area (TPSA) is 73.2 Å². The SMILES string of the molecule is COc1ccc(C(=O)Nc2ccc3nc(Cc4ccccc4)n(Cc4ccc(Cl)cc4)c(=O)c3c2)cc1. The van der Waals surface area contributed by atoms with Crippen molar-refractivity contribution >= 4 is 34.1 Å². The van der Waals surface area contributed by atoms with E-state index in [9.17, 15) is 9.59 Å². The number of aromatic nitrogens is 2. The zero-order chi connectivity index (χ0) is 25.8. The Morgan fingerprint density at radius 1 is 0.919 bits per heavy atom. The van der Waals surface area contributed by atoms with E-state index in [1.54, 1.807) is 66.3 Å². The van der Waals surface area contributed by atoms with E-state index in [0.717, 1.165) is 11.1 Å². The van der Waals surface area contributed by atoms with Crippen LogP contribution in [0.25, 0.3) is 10.9 Å². The summed E-state index contributed by atoms with van der Waals surface area (Å²) in [6.07, 6.45) is 0.509. The molecule has 1 N–H and O–H groups in total. The Morgan fingerprint density at radius 3 is 2.35 bits per heavy atom. The fourth-order valence-corrected chi connectivity index (χ4v) is 4.27. The minimum Gasteiger partial charge on any atom is -0.497 e. The second-order valence-corrected chi connectivity index (χ2v) is 9.06. The number of fused-ring (bicyclic) bond motifs is 1. The molecule has 0 saturated heterocycles. The summed E-state index contributed by atoms with van der Waals surface area (Å²) in [4.78, 5) is 31.4. The lowest BCUT2D eigenvalue weighted by Gasteiger charge is -2.15. The number of halogens is 1. The van der Waals surface area contributed by atoms with Gasteiger partial charge in [-0.2, -0.15) is 0 Å². The molecule has 6 nitrogen and oxygen atoms in total. The molecule has 0 aliphatic heterocycles. The molecule has 37 heavy (non-hydrogen) atoms. The van der Waals surface area contributed by atoms with Gasteiger partial charge >= 0.3 is 0 Å². The third kappa shape index (κ3) is 5.55. The Bertz CT molecular complexity index is 1610. The lowest BCUT2D eigenvalue weighted by molar-refractivity contribution is 0.102. The number of ether oxygens (including phenoxy) is 1. The molecule has 0 spiro atoms. The Morgan fingerprint density at radius 2 is 1.65 bits per heavy atom. The molecule has 1 heterocycles. The zero-order valence-electron chi connectivity index (χ0n) is 20.1. The van der Waals surface area contributed by atoms with E-state index in [0.29, 0.717) is 51.7 Å². The first kappa shape index (κ1) is 24.3. The number of hydrogen-bond donors (Lipinski definition) is 1. The first-order valence-corrected chi connectivity index (χ1v) is 12.2. The van der Waals surface area contributed by atoms with Crippen LogP contribution in [-0.4, -0.2) is 22.6 Å². The molecule has 0 radical (unpaired) electrons. The molecule has 0 unspecified atom stereocenters. The van der Waals surface area contributed by atoms with Crippen LogP contribution in [0.4, 0.5) is 5.69 Å². The number of rotatable bonds is 7. The highest BCUT2D eigenvalue weighted by Crippen LogP contribution is 2.20. The van der Waals surface area contributed by atoms with Crippen LogP contribution in [0, 0.1) is 0 Å². The van der Waals surface area contributed by atoms with E-state index in [4.69, 9.17) is 21.3 Å². The first-order valence-electron chi connectivity index (χ1n) is 11.8. The highest BCUT2D eigenvalue weighted by molar-refractivity contribution is 6.30. The lowest BCUT2D eigenvalue weighted by Crippen LogP contribution is -2.26. The molecular weight excluding hydrogens is 486 g/mol. The van der Waals surface area contributed by atoms with Crippen molar-refractivity contribution in [3.05, 3.63) is 135 Å². The quantitative estimate of drug-likeness (QED) is 0.294. The molecule has 7 heteroatoms. The van der Waals surface area contributed by atoms with E-state index in [2.05, 4.69) is 5.32 Å². The van der Waals surface area contributed by atoms with Crippen LogP contribution in [0.1, 0.15) is 27.3 Å². The van der Waals surface area contributed by atoms with Crippen molar-refractivity contribution in [1.82, 2.24) is 9.55 Å². The molecular formula is C30H24ClN3O3. The zero-order valence-corrected chi connectivity index (χ0v) is 20.9. The van der Waals surface area contributed by atoms with E-state index < -0.39 is 0 Å². The van der Waals surface area contributed by atoms with Crippen molar-refractivity contribution in [3.8, 4) is 5.75 Å².